The van der Waals surface area contributed by atoms with Crippen molar-refractivity contribution in [1.29, 1.82) is 0 Å². The van der Waals surface area contributed by atoms with Gasteiger partial charge in [0.15, 0.2) is 9.84 Å². The zero-order valence-corrected chi connectivity index (χ0v) is 10.4. The van der Waals surface area contributed by atoms with Crippen LogP contribution in [0.3, 0.4) is 0 Å². The lowest BCUT2D eigenvalue weighted by Crippen LogP contribution is -2.32. The van der Waals surface area contributed by atoms with Crippen molar-refractivity contribution in [1.82, 2.24) is 5.32 Å². The average Bonchev–Trinajstić information content (AvgIpc) is 2.98. The highest BCUT2D eigenvalue weighted by Gasteiger charge is 2.24. The Bertz CT molecular complexity index is 336. The number of nitrogens with two attached hydrogens (primary N) is 1. The van der Waals surface area contributed by atoms with Crippen LogP contribution in [0.2, 0.25) is 0 Å². The summed E-state index contributed by atoms with van der Waals surface area (Å²) in [5.74, 6) is -0.296. The molecule has 5 nitrogen and oxygen atoms in total. The molecule has 0 spiro atoms. The van der Waals surface area contributed by atoms with E-state index in [9.17, 15) is 13.2 Å². The summed E-state index contributed by atoms with van der Waals surface area (Å²) in [6, 6.07) is -0.0374. The van der Waals surface area contributed by atoms with Crippen molar-refractivity contribution in [3.8, 4) is 0 Å². The summed E-state index contributed by atoms with van der Waals surface area (Å²) in [6.07, 6.45) is 2.71. The van der Waals surface area contributed by atoms with Crippen LogP contribution in [0.1, 0.15) is 32.6 Å². The first-order valence-corrected chi connectivity index (χ1v) is 7.50. The van der Waals surface area contributed by atoms with Crippen molar-refractivity contribution in [3.05, 3.63) is 0 Å². The molecule has 3 N–H and O–H groups in total. The molecule has 1 aliphatic rings. The van der Waals surface area contributed by atoms with Crippen LogP contribution in [0.25, 0.3) is 0 Å². The SMILES string of the molecule is CCC(N)CS(=O)(=O)CCC(=O)NC1CC1. The van der Waals surface area contributed by atoms with Crippen molar-refractivity contribution in [2.45, 2.75) is 44.7 Å². The smallest absolute Gasteiger partial charge is 0.221 e. The molecule has 1 unspecified atom stereocenters. The van der Waals surface area contributed by atoms with Gasteiger partial charge in [0.05, 0.1) is 11.5 Å². The molecule has 1 aliphatic carbocycles. The molecule has 1 atom stereocenters. The second-order valence-electron chi connectivity index (χ2n) is 4.37. The minimum atomic E-state index is -3.19. The topological polar surface area (TPSA) is 89.3 Å². The van der Waals surface area contributed by atoms with Crippen LogP contribution in [0.4, 0.5) is 0 Å². The predicted molar refractivity (Wildman–Crippen MR) is 62.7 cm³/mol. The Morgan fingerprint density at radius 2 is 2.12 bits per heavy atom. The normalized spacial score (nSPS) is 18.1. The molecule has 0 saturated heterocycles. The molecule has 1 saturated carbocycles. The number of hydrogen-bond acceptors (Lipinski definition) is 4. The summed E-state index contributed by atoms with van der Waals surface area (Å²) in [6.45, 7) is 1.85. The molecule has 0 radical (unpaired) electrons. The monoisotopic (exact) mass is 248 g/mol. The lowest BCUT2D eigenvalue weighted by Gasteiger charge is -2.09. The van der Waals surface area contributed by atoms with E-state index in [1.807, 2.05) is 6.92 Å². The third-order valence-electron chi connectivity index (χ3n) is 2.57. The third-order valence-corrected chi connectivity index (χ3v) is 4.34. The van der Waals surface area contributed by atoms with Gasteiger partial charge in [0.1, 0.15) is 0 Å². The van der Waals surface area contributed by atoms with E-state index in [1.54, 1.807) is 0 Å². The van der Waals surface area contributed by atoms with Gasteiger partial charge in [-0.15, -0.1) is 0 Å². The Hall–Kier alpha value is -0.620. The summed E-state index contributed by atoms with van der Waals surface area (Å²) in [7, 11) is -3.19. The van der Waals surface area contributed by atoms with E-state index in [-0.39, 0.29) is 35.9 Å². The van der Waals surface area contributed by atoms with E-state index in [2.05, 4.69) is 5.32 Å². The van der Waals surface area contributed by atoms with Gasteiger partial charge >= 0.3 is 0 Å². The summed E-state index contributed by atoms with van der Waals surface area (Å²) >= 11 is 0. The van der Waals surface area contributed by atoms with Gasteiger partial charge in [-0.2, -0.15) is 0 Å². The van der Waals surface area contributed by atoms with Crippen LogP contribution in [0, 0.1) is 0 Å². The maximum atomic E-state index is 11.5. The van der Waals surface area contributed by atoms with E-state index < -0.39 is 9.84 Å². The quantitative estimate of drug-likeness (QED) is 0.653. The molecule has 0 aromatic heterocycles. The van der Waals surface area contributed by atoms with Crippen LogP contribution in [0.5, 0.6) is 0 Å². The molecule has 0 heterocycles. The van der Waals surface area contributed by atoms with E-state index >= 15 is 0 Å². The molecule has 0 aliphatic heterocycles. The number of amides is 1. The second kappa shape index (κ2) is 5.63. The number of sulfone groups is 1. The van der Waals surface area contributed by atoms with Gasteiger partial charge in [-0.05, 0) is 19.3 Å². The Morgan fingerprint density at radius 1 is 1.50 bits per heavy atom. The van der Waals surface area contributed by atoms with Gasteiger partial charge in [-0.3, -0.25) is 4.79 Å². The van der Waals surface area contributed by atoms with E-state index in [0.717, 1.165) is 12.8 Å². The highest BCUT2D eigenvalue weighted by atomic mass is 32.2. The summed E-state index contributed by atoms with van der Waals surface area (Å²) in [4.78, 5) is 11.3. The third kappa shape index (κ3) is 5.46. The van der Waals surface area contributed by atoms with E-state index in [1.165, 1.54) is 0 Å². The van der Waals surface area contributed by atoms with Gasteiger partial charge in [-0.25, -0.2) is 8.42 Å². The molecule has 0 bridgehead atoms. The Morgan fingerprint density at radius 3 is 2.62 bits per heavy atom. The molecule has 0 aromatic rings. The highest BCUT2D eigenvalue weighted by Crippen LogP contribution is 2.18. The fourth-order valence-corrected chi connectivity index (χ4v) is 2.85. The van der Waals surface area contributed by atoms with Crippen molar-refractivity contribution in [2.24, 2.45) is 5.73 Å². The molecule has 0 aromatic carbocycles. The zero-order valence-electron chi connectivity index (χ0n) is 9.61. The maximum Gasteiger partial charge on any atom is 0.221 e. The van der Waals surface area contributed by atoms with Crippen molar-refractivity contribution >= 4 is 15.7 Å². The lowest BCUT2D eigenvalue weighted by atomic mass is 10.3. The van der Waals surface area contributed by atoms with Gasteiger partial charge < -0.3 is 11.1 Å². The van der Waals surface area contributed by atoms with Crippen LogP contribution >= 0.6 is 0 Å². The highest BCUT2D eigenvalue weighted by molar-refractivity contribution is 7.91. The second-order valence-corrected chi connectivity index (χ2v) is 6.60. The Balaban J connectivity index is 2.26. The van der Waals surface area contributed by atoms with Crippen LogP contribution < -0.4 is 11.1 Å². The number of nitrogens with one attached hydrogen (secondary N) is 1. The summed E-state index contributed by atoms with van der Waals surface area (Å²) in [5, 5.41) is 2.76. The van der Waals surface area contributed by atoms with Crippen molar-refractivity contribution in [3.63, 3.8) is 0 Å². The molecular weight excluding hydrogens is 228 g/mol. The molecule has 1 fully saturated rings. The first-order valence-electron chi connectivity index (χ1n) is 5.68. The van der Waals surface area contributed by atoms with Crippen LogP contribution in [0.15, 0.2) is 0 Å². The number of hydrogen-bond donors (Lipinski definition) is 2. The molecule has 16 heavy (non-hydrogen) atoms. The van der Waals surface area contributed by atoms with E-state index in [0.29, 0.717) is 6.42 Å². The van der Waals surface area contributed by atoms with Crippen LogP contribution in [-0.2, 0) is 14.6 Å². The largest absolute Gasteiger partial charge is 0.353 e. The number of rotatable bonds is 7. The predicted octanol–water partition coefficient (Wildman–Crippen LogP) is -0.193. The summed E-state index contributed by atoms with van der Waals surface area (Å²) < 4.78 is 23.1. The molecular formula is C10H20N2O3S. The molecule has 1 amide bonds. The fraction of sp³-hybridized carbons (Fsp3) is 0.900. The zero-order chi connectivity index (χ0) is 12.2. The van der Waals surface area contributed by atoms with Crippen molar-refractivity contribution in [2.75, 3.05) is 11.5 Å². The summed E-state index contributed by atoms with van der Waals surface area (Å²) in [5.41, 5.74) is 5.58. The van der Waals surface area contributed by atoms with Gasteiger partial charge in [0, 0.05) is 18.5 Å². The molecule has 6 heteroatoms. The number of carbonyl (C=O) groups excluding carboxylic acids is 1. The lowest BCUT2D eigenvalue weighted by molar-refractivity contribution is -0.120. The minimum Gasteiger partial charge on any atom is -0.353 e. The first kappa shape index (κ1) is 13.4. The average molecular weight is 248 g/mol. The van der Waals surface area contributed by atoms with E-state index in [4.69, 9.17) is 5.73 Å². The fourth-order valence-electron chi connectivity index (χ4n) is 1.30. The standard InChI is InChI=1S/C10H20N2O3S/c1-2-8(11)7-16(14,15)6-5-10(13)12-9-3-4-9/h8-9H,2-7,11H2,1H3,(H,12,13). The minimum absolute atomic E-state index is 0.0276. The first-order chi connectivity index (χ1) is 7.43. The Kier molecular flexibility index (Phi) is 4.73. The van der Waals surface area contributed by atoms with Gasteiger partial charge in [0.2, 0.25) is 5.91 Å². The van der Waals surface area contributed by atoms with Crippen LogP contribution in [-0.4, -0.2) is 37.9 Å². The van der Waals surface area contributed by atoms with Gasteiger partial charge in [-0.1, -0.05) is 6.92 Å². The molecule has 94 valence electrons. The van der Waals surface area contributed by atoms with Gasteiger partial charge in [0.25, 0.3) is 0 Å². The van der Waals surface area contributed by atoms with Crippen molar-refractivity contribution < 1.29 is 13.2 Å². The number of carbonyl (C=O) groups is 1. The molecule has 1 rings (SSSR count). The Labute approximate surface area is 96.7 Å². The maximum absolute atomic E-state index is 11.5.